The van der Waals surface area contributed by atoms with Gasteiger partial charge in [-0.15, -0.1) is 0 Å². The summed E-state index contributed by atoms with van der Waals surface area (Å²) >= 11 is 0. The maximum atomic E-state index is 2.26. The first-order valence-electron chi connectivity index (χ1n) is 7.12. The van der Waals surface area contributed by atoms with Crippen LogP contribution in [0.15, 0.2) is 78.9 Å². The summed E-state index contributed by atoms with van der Waals surface area (Å²) in [5.74, 6) is 0. The van der Waals surface area contributed by atoms with Crippen molar-refractivity contribution in [1.82, 2.24) is 0 Å². The van der Waals surface area contributed by atoms with Gasteiger partial charge in [0, 0.05) is 0 Å². The van der Waals surface area contributed by atoms with Crippen LogP contribution in [0.5, 0.6) is 0 Å². The van der Waals surface area contributed by atoms with E-state index in [-0.39, 0.29) is 0 Å². The van der Waals surface area contributed by atoms with Crippen molar-refractivity contribution in [3.8, 4) is 0 Å². The fraction of sp³-hybridized carbons (Fsp3) is 0.100. The molecule has 3 aromatic carbocycles. The summed E-state index contributed by atoms with van der Waals surface area (Å²) < 4.78 is 0. The number of benzene rings is 3. The van der Waals surface area contributed by atoms with Crippen LogP contribution in [-0.2, 0) is 6.42 Å². The topological polar surface area (TPSA) is 0 Å². The van der Waals surface area contributed by atoms with E-state index in [1.807, 2.05) is 6.07 Å². The van der Waals surface area contributed by atoms with Crippen LogP contribution in [0.4, 0.5) is 0 Å². The van der Waals surface area contributed by atoms with Gasteiger partial charge in [0.2, 0.25) is 0 Å². The van der Waals surface area contributed by atoms with Gasteiger partial charge in [-0.2, -0.15) is 0 Å². The van der Waals surface area contributed by atoms with Crippen molar-refractivity contribution < 1.29 is 0 Å². The van der Waals surface area contributed by atoms with Gasteiger partial charge in [0.1, 0.15) is 0 Å². The maximum absolute atomic E-state index is 2.26. The van der Waals surface area contributed by atoms with Gasteiger partial charge in [0.05, 0.1) is 0 Å². The van der Waals surface area contributed by atoms with Crippen molar-refractivity contribution in [3.63, 3.8) is 0 Å². The van der Waals surface area contributed by atoms with E-state index in [0.29, 0.717) is 0 Å². The molecule has 0 saturated carbocycles. The summed E-state index contributed by atoms with van der Waals surface area (Å²) in [6.07, 6.45) is 6.62. The van der Waals surface area contributed by atoms with Crippen LogP contribution in [0, 0.1) is 0 Å². The van der Waals surface area contributed by atoms with Gasteiger partial charge in [0.15, 0.2) is 0 Å². The molecule has 0 nitrogen and oxygen atoms in total. The summed E-state index contributed by atoms with van der Waals surface area (Å²) in [5, 5.41) is 2.71. The number of fused-ring (bicyclic) bond motifs is 1. The predicted molar refractivity (Wildman–Crippen MR) is 87.7 cm³/mol. The number of hydrogen-bond donors (Lipinski definition) is 0. The monoisotopic (exact) mass is 258 g/mol. The SMILES string of the molecule is C(=C\c1ccccc1)/CCc1cccc2ccccc12. The van der Waals surface area contributed by atoms with Gasteiger partial charge in [-0.3, -0.25) is 0 Å². The first-order chi connectivity index (χ1) is 9.93. The Hall–Kier alpha value is -2.34. The number of aryl methyl sites for hydroxylation is 1. The molecule has 0 radical (unpaired) electrons. The Morgan fingerprint density at radius 1 is 0.700 bits per heavy atom. The van der Waals surface area contributed by atoms with Gasteiger partial charge in [0.25, 0.3) is 0 Å². The third kappa shape index (κ3) is 2.97. The van der Waals surface area contributed by atoms with Crippen molar-refractivity contribution in [3.05, 3.63) is 90.0 Å². The first-order valence-corrected chi connectivity index (χ1v) is 7.12. The van der Waals surface area contributed by atoms with E-state index in [2.05, 4.69) is 78.9 Å². The van der Waals surface area contributed by atoms with E-state index in [0.717, 1.165) is 12.8 Å². The van der Waals surface area contributed by atoms with Crippen LogP contribution in [-0.4, -0.2) is 0 Å². The highest BCUT2D eigenvalue weighted by Crippen LogP contribution is 2.19. The van der Waals surface area contributed by atoms with E-state index in [1.54, 1.807) is 0 Å². The highest BCUT2D eigenvalue weighted by molar-refractivity contribution is 5.85. The standard InChI is InChI=1S/C20H18/c1-2-9-17(10-3-1)11-4-5-12-18-14-8-15-19-13-6-7-16-20(18)19/h1-4,6-11,13-16H,5,12H2/b11-4+. The molecule has 0 unspecified atom stereocenters. The Kier molecular flexibility index (Phi) is 3.93. The molecule has 3 aromatic rings. The molecule has 0 saturated heterocycles. The fourth-order valence-corrected chi connectivity index (χ4v) is 2.53. The highest BCUT2D eigenvalue weighted by Gasteiger charge is 1.98. The molecule has 0 heterocycles. The molecular formula is C20H18. The van der Waals surface area contributed by atoms with Crippen molar-refractivity contribution in [2.24, 2.45) is 0 Å². The van der Waals surface area contributed by atoms with Crippen molar-refractivity contribution in [2.75, 3.05) is 0 Å². The molecule has 0 aromatic heterocycles. The zero-order valence-electron chi connectivity index (χ0n) is 11.5. The number of rotatable bonds is 4. The molecule has 0 heteroatoms. The largest absolute Gasteiger partial charge is 0.0836 e. The highest BCUT2D eigenvalue weighted by atomic mass is 14.0. The molecule has 3 rings (SSSR count). The normalized spacial score (nSPS) is 11.2. The summed E-state index contributed by atoms with van der Waals surface area (Å²) in [6.45, 7) is 0. The van der Waals surface area contributed by atoms with E-state index < -0.39 is 0 Å². The van der Waals surface area contributed by atoms with Gasteiger partial charge in [-0.1, -0.05) is 84.9 Å². The minimum absolute atomic E-state index is 1.07. The quantitative estimate of drug-likeness (QED) is 0.580. The lowest BCUT2D eigenvalue weighted by atomic mass is 10.0. The molecule has 98 valence electrons. The average molecular weight is 258 g/mol. The van der Waals surface area contributed by atoms with Gasteiger partial charge >= 0.3 is 0 Å². The van der Waals surface area contributed by atoms with Gasteiger partial charge in [-0.25, -0.2) is 0 Å². The summed E-state index contributed by atoms with van der Waals surface area (Å²) in [6, 6.07) is 25.6. The van der Waals surface area contributed by atoms with Crippen LogP contribution in [0.1, 0.15) is 17.5 Å². The van der Waals surface area contributed by atoms with Crippen LogP contribution in [0.2, 0.25) is 0 Å². The predicted octanol–water partition coefficient (Wildman–Crippen LogP) is 5.49. The van der Waals surface area contributed by atoms with Crippen LogP contribution in [0.25, 0.3) is 16.8 Å². The molecule has 0 fully saturated rings. The Bertz CT molecular complexity index is 703. The van der Waals surface area contributed by atoms with E-state index in [9.17, 15) is 0 Å². The van der Waals surface area contributed by atoms with E-state index in [1.165, 1.54) is 21.9 Å². The Morgan fingerprint density at radius 3 is 2.35 bits per heavy atom. The molecule has 0 spiro atoms. The molecule has 0 aliphatic heterocycles. The first kappa shape index (κ1) is 12.7. The molecule has 0 aliphatic rings. The lowest BCUT2D eigenvalue weighted by Crippen LogP contribution is -1.85. The van der Waals surface area contributed by atoms with Crippen molar-refractivity contribution >= 4 is 16.8 Å². The Labute approximate surface area is 120 Å². The Morgan fingerprint density at radius 2 is 1.45 bits per heavy atom. The van der Waals surface area contributed by atoms with Crippen LogP contribution < -0.4 is 0 Å². The second-order valence-electron chi connectivity index (χ2n) is 4.99. The molecule has 20 heavy (non-hydrogen) atoms. The zero-order valence-corrected chi connectivity index (χ0v) is 11.5. The fourth-order valence-electron chi connectivity index (χ4n) is 2.53. The third-order valence-corrected chi connectivity index (χ3v) is 3.57. The summed E-state index contributed by atoms with van der Waals surface area (Å²) in [5.41, 5.74) is 2.70. The van der Waals surface area contributed by atoms with Gasteiger partial charge < -0.3 is 0 Å². The van der Waals surface area contributed by atoms with Crippen molar-refractivity contribution in [1.29, 1.82) is 0 Å². The molecule has 0 atom stereocenters. The van der Waals surface area contributed by atoms with E-state index in [4.69, 9.17) is 0 Å². The zero-order chi connectivity index (χ0) is 13.6. The van der Waals surface area contributed by atoms with E-state index >= 15 is 0 Å². The van der Waals surface area contributed by atoms with Crippen molar-refractivity contribution in [2.45, 2.75) is 12.8 Å². The maximum Gasteiger partial charge on any atom is -0.0152 e. The van der Waals surface area contributed by atoms with Gasteiger partial charge in [-0.05, 0) is 34.7 Å². The average Bonchev–Trinajstić information content (AvgIpc) is 2.53. The number of allylic oxidation sites excluding steroid dienone is 1. The second-order valence-corrected chi connectivity index (χ2v) is 4.99. The minimum atomic E-state index is 1.07. The lowest BCUT2D eigenvalue weighted by Gasteiger charge is -2.04. The molecule has 0 N–H and O–H groups in total. The second kappa shape index (κ2) is 6.21. The molecule has 0 bridgehead atoms. The lowest BCUT2D eigenvalue weighted by molar-refractivity contribution is 1.02. The van der Waals surface area contributed by atoms with Crippen LogP contribution in [0.3, 0.4) is 0 Å². The summed E-state index contributed by atoms with van der Waals surface area (Å²) in [4.78, 5) is 0. The Balaban J connectivity index is 1.70. The molecule has 0 aliphatic carbocycles. The van der Waals surface area contributed by atoms with Crippen LogP contribution >= 0.6 is 0 Å². The summed E-state index contributed by atoms with van der Waals surface area (Å²) in [7, 11) is 0. The smallest absolute Gasteiger partial charge is 0.0152 e. The molecular weight excluding hydrogens is 240 g/mol. The minimum Gasteiger partial charge on any atom is -0.0836 e. The number of hydrogen-bond acceptors (Lipinski definition) is 0. The molecule has 0 amide bonds. The third-order valence-electron chi connectivity index (χ3n) is 3.57.